The van der Waals surface area contributed by atoms with Crippen molar-refractivity contribution >= 4 is 34.8 Å². The van der Waals surface area contributed by atoms with E-state index in [1.54, 1.807) is 18.4 Å². The van der Waals surface area contributed by atoms with Crippen molar-refractivity contribution in [2.24, 2.45) is 4.99 Å². The van der Waals surface area contributed by atoms with Gasteiger partial charge in [-0.15, -0.1) is 0 Å². The molecule has 2 aromatic rings. The second kappa shape index (κ2) is 9.05. The van der Waals surface area contributed by atoms with Gasteiger partial charge in [0.05, 0.1) is 6.42 Å². The summed E-state index contributed by atoms with van der Waals surface area (Å²) >= 11 is 7.69. The van der Waals surface area contributed by atoms with Crippen molar-refractivity contribution in [3.63, 3.8) is 0 Å². The molecule has 3 rings (SSSR count). The molecule has 1 amide bonds. The molecule has 0 spiro atoms. The van der Waals surface area contributed by atoms with Crippen LogP contribution in [-0.2, 0) is 17.8 Å². The van der Waals surface area contributed by atoms with Crippen LogP contribution in [0.4, 0.5) is 0 Å². The van der Waals surface area contributed by atoms with E-state index < -0.39 is 0 Å². The molecule has 5 nitrogen and oxygen atoms in total. The van der Waals surface area contributed by atoms with Crippen molar-refractivity contribution in [1.29, 1.82) is 0 Å². The van der Waals surface area contributed by atoms with Crippen molar-refractivity contribution < 1.29 is 4.79 Å². The van der Waals surface area contributed by atoms with Gasteiger partial charge in [-0.05, 0) is 40.1 Å². The summed E-state index contributed by atoms with van der Waals surface area (Å²) in [5.41, 5.74) is 2.21. The number of hydrogen-bond donors (Lipinski definition) is 1. The number of benzene rings is 1. The van der Waals surface area contributed by atoms with Crippen LogP contribution in [0.3, 0.4) is 0 Å². The van der Waals surface area contributed by atoms with Crippen LogP contribution in [0.5, 0.6) is 0 Å². The minimum atomic E-state index is 0.146. The lowest BCUT2D eigenvalue weighted by molar-refractivity contribution is -0.131. The second-order valence-corrected chi connectivity index (χ2v) is 7.42. The van der Waals surface area contributed by atoms with E-state index in [9.17, 15) is 4.79 Å². The normalized spacial score (nSPS) is 15.2. The van der Waals surface area contributed by atoms with Crippen LogP contribution in [-0.4, -0.2) is 54.9 Å². The lowest BCUT2D eigenvalue weighted by Gasteiger charge is -2.36. The number of thiophene rings is 1. The van der Waals surface area contributed by atoms with E-state index in [-0.39, 0.29) is 5.91 Å². The highest BCUT2D eigenvalue weighted by atomic mass is 35.5. The van der Waals surface area contributed by atoms with Crippen LogP contribution in [0, 0.1) is 0 Å². The molecule has 1 aliphatic rings. The summed E-state index contributed by atoms with van der Waals surface area (Å²) in [5.74, 6) is 1.03. The minimum absolute atomic E-state index is 0.146. The second-order valence-electron chi connectivity index (χ2n) is 6.21. The quantitative estimate of drug-likeness (QED) is 0.645. The first-order chi connectivity index (χ1) is 12.7. The number of hydrogen-bond acceptors (Lipinski definition) is 3. The zero-order chi connectivity index (χ0) is 18.4. The van der Waals surface area contributed by atoms with Crippen LogP contribution >= 0.6 is 22.9 Å². The molecule has 0 aliphatic carbocycles. The van der Waals surface area contributed by atoms with Gasteiger partial charge in [0, 0.05) is 44.8 Å². The Kier molecular flexibility index (Phi) is 6.52. The Morgan fingerprint density at radius 1 is 1.19 bits per heavy atom. The third-order valence-corrected chi connectivity index (χ3v) is 5.39. The van der Waals surface area contributed by atoms with E-state index >= 15 is 0 Å². The summed E-state index contributed by atoms with van der Waals surface area (Å²) in [4.78, 5) is 21.0. The number of aliphatic imine (C=N–C) groups is 1. The topological polar surface area (TPSA) is 47.9 Å². The molecule has 0 radical (unpaired) electrons. The average Bonchev–Trinajstić information content (AvgIpc) is 3.16. The summed E-state index contributed by atoms with van der Waals surface area (Å²) in [5, 5.41) is 8.27. The molecular formula is C19H23ClN4OS. The van der Waals surface area contributed by atoms with Gasteiger partial charge in [0.15, 0.2) is 5.96 Å². The van der Waals surface area contributed by atoms with Gasteiger partial charge in [-0.1, -0.05) is 23.7 Å². The third-order valence-electron chi connectivity index (χ3n) is 4.42. The average molecular weight is 391 g/mol. The van der Waals surface area contributed by atoms with Crippen molar-refractivity contribution in [2.45, 2.75) is 13.0 Å². The molecule has 7 heteroatoms. The fraction of sp³-hybridized carbons (Fsp3) is 0.368. The van der Waals surface area contributed by atoms with Crippen LogP contribution in [0.1, 0.15) is 11.1 Å². The maximum absolute atomic E-state index is 12.5. The molecular weight excluding hydrogens is 368 g/mol. The predicted octanol–water partition coefficient (Wildman–Crippen LogP) is 2.86. The maximum atomic E-state index is 12.5. The highest BCUT2D eigenvalue weighted by Crippen LogP contribution is 2.13. The fourth-order valence-corrected chi connectivity index (χ4v) is 3.89. The van der Waals surface area contributed by atoms with E-state index in [2.05, 4.69) is 32.0 Å². The van der Waals surface area contributed by atoms with Gasteiger partial charge >= 0.3 is 0 Å². The maximum Gasteiger partial charge on any atom is 0.227 e. The van der Waals surface area contributed by atoms with Crippen LogP contribution in [0.2, 0.25) is 5.02 Å². The van der Waals surface area contributed by atoms with Crippen LogP contribution in [0.15, 0.2) is 46.1 Å². The molecule has 1 N–H and O–H groups in total. The van der Waals surface area contributed by atoms with E-state index in [0.717, 1.165) is 31.2 Å². The number of rotatable bonds is 4. The van der Waals surface area contributed by atoms with Gasteiger partial charge in [0.2, 0.25) is 5.91 Å². The van der Waals surface area contributed by atoms with Gasteiger partial charge in [-0.3, -0.25) is 9.79 Å². The summed E-state index contributed by atoms with van der Waals surface area (Å²) in [7, 11) is 1.80. The molecule has 1 aromatic heterocycles. The number of amides is 1. The van der Waals surface area contributed by atoms with E-state index in [1.165, 1.54) is 5.56 Å². The number of halogens is 1. The Hall–Kier alpha value is -2.05. The molecule has 1 fully saturated rings. The molecule has 1 saturated heterocycles. The number of piperazine rings is 1. The fourth-order valence-electron chi connectivity index (χ4n) is 3.01. The van der Waals surface area contributed by atoms with Gasteiger partial charge in [-0.2, -0.15) is 11.3 Å². The van der Waals surface area contributed by atoms with Gasteiger partial charge in [0.1, 0.15) is 0 Å². The number of nitrogens with one attached hydrogen (secondary N) is 1. The molecule has 0 saturated carbocycles. The summed E-state index contributed by atoms with van der Waals surface area (Å²) in [6.45, 7) is 3.75. The SMILES string of the molecule is CN=C(NCc1ccsc1)N1CCN(C(=O)Cc2cccc(Cl)c2)CC1. The van der Waals surface area contributed by atoms with Crippen molar-refractivity contribution in [2.75, 3.05) is 33.2 Å². The first kappa shape index (κ1) is 18.7. The van der Waals surface area contributed by atoms with Crippen molar-refractivity contribution in [3.8, 4) is 0 Å². The third kappa shape index (κ3) is 4.99. The van der Waals surface area contributed by atoms with Crippen molar-refractivity contribution in [3.05, 3.63) is 57.2 Å². The highest BCUT2D eigenvalue weighted by Gasteiger charge is 2.23. The summed E-state index contributed by atoms with van der Waals surface area (Å²) < 4.78 is 0. The Balaban J connectivity index is 1.49. The molecule has 2 heterocycles. The molecule has 26 heavy (non-hydrogen) atoms. The zero-order valence-corrected chi connectivity index (χ0v) is 16.4. The predicted molar refractivity (Wildman–Crippen MR) is 108 cm³/mol. The first-order valence-electron chi connectivity index (χ1n) is 8.64. The molecule has 0 bridgehead atoms. The van der Waals surface area contributed by atoms with Crippen LogP contribution < -0.4 is 5.32 Å². The van der Waals surface area contributed by atoms with E-state index in [1.807, 2.05) is 29.2 Å². The first-order valence-corrected chi connectivity index (χ1v) is 9.96. The van der Waals surface area contributed by atoms with Gasteiger partial charge in [-0.25, -0.2) is 0 Å². The smallest absolute Gasteiger partial charge is 0.227 e. The summed E-state index contributed by atoms with van der Waals surface area (Å²) in [6, 6.07) is 9.61. The molecule has 1 aromatic carbocycles. The minimum Gasteiger partial charge on any atom is -0.352 e. The van der Waals surface area contributed by atoms with Crippen LogP contribution in [0.25, 0.3) is 0 Å². The highest BCUT2D eigenvalue weighted by molar-refractivity contribution is 7.07. The Morgan fingerprint density at radius 3 is 2.62 bits per heavy atom. The standard InChI is InChI=1S/C19H23ClN4OS/c1-21-19(22-13-16-5-10-26-14-16)24-8-6-23(7-9-24)18(25)12-15-3-2-4-17(20)11-15/h2-5,10-11,14H,6-9,12-13H2,1H3,(H,21,22). The Morgan fingerprint density at radius 2 is 1.96 bits per heavy atom. The lowest BCUT2D eigenvalue weighted by Crippen LogP contribution is -2.53. The monoisotopic (exact) mass is 390 g/mol. The molecule has 138 valence electrons. The number of guanidine groups is 1. The Bertz CT molecular complexity index is 755. The van der Waals surface area contributed by atoms with Crippen molar-refractivity contribution in [1.82, 2.24) is 15.1 Å². The van der Waals surface area contributed by atoms with Gasteiger partial charge in [0.25, 0.3) is 0 Å². The Labute approximate surface area is 163 Å². The zero-order valence-electron chi connectivity index (χ0n) is 14.8. The number of carbonyl (C=O) groups is 1. The van der Waals surface area contributed by atoms with E-state index in [4.69, 9.17) is 11.6 Å². The molecule has 0 unspecified atom stereocenters. The lowest BCUT2D eigenvalue weighted by atomic mass is 10.1. The largest absolute Gasteiger partial charge is 0.352 e. The number of carbonyl (C=O) groups excluding carboxylic acids is 1. The number of nitrogens with zero attached hydrogens (tertiary/aromatic N) is 3. The van der Waals surface area contributed by atoms with Gasteiger partial charge < -0.3 is 15.1 Å². The molecule has 0 atom stereocenters. The molecule has 1 aliphatic heterocycles. The van der Waals surface area contributed by atoms with E-state index in [0.29, 0.717) is 24.5 Å². The summed E-state index contributed by atoms with van der Waals surface area (Å²) in [6.07, 6.45) is 0.395.